The minimum absolute atomic E-state index is 0.0980. The predicted molar refractivity (Wildman–Crippen MR) is 140 cm³/mol. The number of ether oxygens (including phenoxy) is 1. The largest absolute Gasteiger partial charge is 0.486 e. The third kappa shape index (κ3) is 5.74. The van der Waals surface area contributed by atoms with Crippen molar-refractivity contribution < 1.29 is 19.4 Å². The van der Waals surface area contributed by atoms with Crippen LogP contribution in [0.1, 0.15) is 59.3 Å². The minimum Gasteiger partial charge on any atom is -0.486 e. The molecule has 1 heterocycles. The maximum atomic E-state index is 12.3. The Balaban J connectivity index is 1.52. The highest BCUT2D eigenvalue weighted by molar-refractivity contribution is 5.94. The number of carbonyl (C=O) groups is 2. The van der Waals surface area contributed by atoms with Gasteiger partial charge in [-0.25, -0.2) is 4.68 Å². The number of carboxylic acids is 1. The summed E-state index contributed by atoms with van der Waals surface area (Å²) in [5.74, 6) is -0.440. The second-order valence-electron chi connectivity index (χ2n) is 8.95. The molecule has 186 valence electrons. The van der Waals surface area contributed by atoms with Gasteiger partial charge in [0, 0.05) is 23.7 Å². The van der Waals surface area contributed by atoms with E-state index in [1.54, 1.807) is 12.1 Å². The van der Waals surface area contributed by atoms with Crippen LogP contribution in [0.25, 0.3) is 16.6 Å². The van der Waals surface area contributed by atoms with Crippen LogP contribution in [0.5, 0.6) is 5.75 Å². The lowest BCUT2D eigenvalue weighted by Crippen LogP contribution is -2.26. The van der Waals surface area contributed by atoms with Crippen molar-refractivity contribution in [3.05, 3.63) is 89.1 Å². The number of benzene rings is 3. The molecule has 0 saturated carbocycles. The standard InChI is InChI=1S/C29H31N3O4/c1-4-7-26(21-10-12-22(13-11-21)29(35)30-15-14-27(33)34)36-24-16-19(2)28(20(3)17-24)32-18-23-8-5-6-9-25(23)31-32/h5-6,8-13,16-18,26H,4,7,14-15H2,1-3H3,(H,30,35)(H,33,34)/t26-/m0/s1. The summed E-state index contributed by atoms with van der Waals surface area (Å²) in [4.78, 5) is 22.9. The van der Waals surface area contributed by atoms with Gasteiger partial charge in [-0.1, -0.05) is 43.7 Å². The Labute approximate surface area is 210 Å². The zero-order valence-corrected chi connectivity index (χ0v) is 20.8. The number of hydrogen-bond donors (Lipinski definition) is 2. The zero-order valence-electron chi connectivity index (χ0n) is 20.8. The Hall–Kier alpha value is -4.13. The quantitative estimate of drug-likeness (QED) is 0.298. The average Bonchev–Trinajstić information content (AvgIpc) is 3.27. The van der Waals surface area contributed by atoms with Crippen LogP contribution in [0.2, 0.25) is 0 Å². The summed E-state index contributed by atoms with van der Waals surface area (Å²) in [6, 6.07) is 19.4. The smallest absolute Gasteiger partial charge is 0.305 e. The van der Waals surface area contributed by atoms with Gasteiger partial charge in [-0.05, 0) is 67.3 Å². The molecule has 0 aliphatic heterocycles. The van der Waals surface area contributed by atoms with Crippen LogP contribution in [0.4, 0.5) is 0 Å². The molecule has 3 aromatic carbocycles. The van der Waals surface area contributed by atoms with Crippen molar-refractivity contribution in [1.29, 1.82) is 0 Å². The number of rotatable bonds is 10. The molecule has 7 heteroatoms. The molecule has 0 spiro atoms. The number of amides is 1. The molecule has 1 amide bonds. The molecule has 0 saturated heterocycles. The molecule has 4 rings (SSSR count). The number of carboxylic acid groups (broad SMARTS) is 1. The topological polar surface area (TPSA) is 93.5 Å². The SMILES string of the molecule is CCC[C@H](Oc1cc(C)c(-n2cc3ccccc3n2)c(C)c1)c1ccc(C(=O)NCCC(=O)O)cc1. The van der Waals surface area contributed by atoms with E-state index in [4.69, 9.17) is 14.9 Å². The predicted octanol–water partition coefficient (Wildman–Crippen LogP) is 5.77. The number of fused-ring (bicyclic) bond motifs is 1. The van der Waals surface area contributed by atoms with Gasteiger partial charge in [0.15, 0.2) is 0 Å². The molecule has 1 atom stereocenters. The first-order valence-corrected chi connectivity index (χ1v) is 12.2. The highest BCUT2D eigenvalue weighted by Gasteiger charge is 2.17. The van der Waals surface area contributed by atoms with Crippen molar-refractivity contribution in [3.63, 3.8) is 0 Å². The molecule has 0 fully saturated rings. The molecule has 0 aliphatic rings. The molecule has 0 radical (unpaired) electrons. The third-order valence-corrected chi connectivity index (χ3v) is 6.11. The van der Waals surface area contributed by atoms with Crippen molar-refractivity contribution in [2.45, 2.75) is 46.1 Å². The second-order valence-corrected chi connectivity index (χ2v) is 8.95. The maximum Gasteiger partial charge on any atom is 0.305 e. The van der Waals surface area contributed by atoms with Crippen molar-refractivity contribution in [1.82, 2.24) is 15.1 Å². The normalized spacial score (nSPS) is 11.9. The fourth-order valence-corrected chi connectivity index (χ4v) is 4.38. The molecule has 36 heavy (non-hydrogen) atoms. The van der Waals surface area contributed by atoms with Crippen LogP contribution < -0.4 is 10.1 Å². The Morgan fingerprint density at radius 3 is 2.39 bits per heavy atom. The fourth-order valence-electron chi connectivity index (χ4n) is 4.38. The molecular formula is C29H31N3O4. The van der Waals surface area contributed by atoms with Gasteiger partial charge in [-0.15, -0.1) is 0 Å². The van der Waals surface area contributed by atoms with Gasteiger partial charge in [0.2, 0.25) is 0 Å². The Bertz CT molecular complexity index is 1320. The third-order valence-electron chi connectivity index (χ3n) is 6.11. The number of nitrogens with one attached hydrogen (secondary N) is 1. The van der Waals surface area contributed by atoms with E-state index in [-0.39, 0.29) is 25.0 Å². The van der Waals surface area contributed by atoms with Gasteiger partial charge >= 0.3 is 5.97 Å². The molecule has 7 nitrogen and oxygen atoms in total. The molecule has 4 aromatic rings. The Kier molecular flexibility index (Phi) is 7.68. The molecule has 0 bridgehead atoms. The summed E-state index contributed by atoms with van der Waals surface area (Å²) in [7, 11) is 0. The summed E-state index contributed by atoms with van der Waals surface area (Å²) in [5.41, 5.74) is 5.61. The fraction of sp³-hybridized carbons (Fsp3) is 0.276. The number of hydrogen-bond acceptors (Lipinski definition) is 4. The molecule has 2 N–H and O–H groups in total. The molecule has 1 aromatic heterocycles. The lowest BCUT2D eigenvalue weighted by Gasteiger charge is -2.21. The van der Waals surface area contributed by atoms with Crippen molar-refractivity contribution in [2.24, 2.45) is 0 Å². The molecule has 0 aliphatic carbocycles. The Morgan fingerprint density at radius 2 is 1.75 bits per heavy atom. The van der Waals surface area contributed by atoms with E-state index in [0.29, 0.717) is 5.56 Å². The van der Waals surface area contributed by atoms with Gasteiger partial charge in [0.05, 0.1) is 17.6 Å². The lowest BCUT2D eigenvalue weighted by molar-refractivity contribution is -0.136. The second kappa shape index (κ2) is 11.1. The first kappa shape index (κ1) is 25.0. The van der Waals surface area contributed by atoms with Crippen molar-refractivity contribution in [3.8, 4) is 11.4 Å². The van der Waals surface area contributed by atoms with Gasteiger partial charge in [-0.2, -0.15) is 5.10 Å². The summed E-state index contributed by atoms with van der Waals surface area (Å²) >= 11 is 0. The van der Waals surface area contributed by atoms with Crippen LogP contribution in [-0.2, 0) is 4.79 Å². The first-order chi connectivity index (χ1) is 17.4. The highest BCUT2D eigenvalue weighted by Crippen LogP contribution is 2.31. The highest BCUT2D eigenvalue weighted by atomic mass is 16.5. The summed E-state index contributed by atoms with van der Waals surface area (Å²) in [6.07, 6.45) is 3.55. The maximum absolute atomic E-state index is 12.3. The van der Waals surface area contributed by atoms with E-state index in [9.17, 15) is 9.59 Å². The summed E-state index contributed by atoms with van der Waals surface area (Å²) < 4.78 is 8.38. The van der Waals surface area contributed by atoms with E-state index in [1.165, 1.54) is 0 Å². The van der Waals surface area contributed by atoms with E-state index in [2.05, 4.69) is 32.2 Å². The zero-order chi connectivity index (χ0) is 25.7. The number of aryl methyl sites for hydroxylation is 2. The summed E-state index contributed by atoms with van der Waals surface area (Å²) in [5, 5.41) is 17.2. The van der Waals surface area contributed by atoms with Crippen LogP contribution in [0.15, 0.2) is 66.9 Å². The van der Waals surface area contributed by atoms with E-state index < -0.39 is 5.97 Å². The van der Waals surface area contributed by atoms with Crippen LogP contribution >= 0.6 is 0 Å². The Morgan fingerprint density at radius 1 is 1.06 bits per heavy atom. The van der Waals surface area contributed by atoms with Gasteiger partial charge in [0.25, 0.3) is 5.91 Å². The van der Waals surface area contributed by atoms with Gasteiger partial charge in [-0.3, -0.25) is 9.59 Å². The summed E-state index contributed by atoms with van der Waals surface area (Å²) in [6.45, 7) is 6.34. The van der Waals surface area contributed by atoms with Gasteiger partial charge < -0.3 is 15.2 Å². The monoisotopic (exact) mass is 485 g/mol. The number of aliphatic carboxylic acids is 1. The van der Waals surface area contributed by atoms with E-state index in [1.807, 2.05) is 53.3 Å². The van der Waals surface area contributed by atoms with Crippen LogP contribution in [0.3, 0.4) is 0 Å². The number of carbonyl (C=O) groups excluding carboxylic acids is 1. The lowest BCUT2D eigenvalue weighted by atomic mass is 10.0. The van der Waals surface area contributed by atoms with Crippen molar-refractivity contribution >= 4 is 22.8 Å². The number of aromatic nitrogens is 2. The molecular weight excluding hydrogens is 454 g/mol. The minimum atomic E-state index is -0.943. The van der Waals surface area contributed by atoms with E-state index in [0.717, 1.165) is 51.9 Å². The van der Waals surface area contributed by atoms with Crippen molar-refractivity contribution in [2.75, 3.05) is 6.54 Å². The molecule has 0 unspecified atom stereocenters. The van der Waals surface area contributed by atoms with E-state index >= 15 is 0 Å². The average molecular weight is 486 g/mol. The van der Waals surface area contributed by atoms with Gasteiger partial charge in [0.1, 0.15) is 11.9 Å². The first-order valence-electron chi connectivity index (χ1n) is 12.2. The number of nitrogens with zero attached hydrogens (tertiary/aromatic N) is 2. The van der Waals surface area contributed by atoms with Crippen LogP contribution in [0, 0.1) is 13.8 Å². The van der Waals surface area contributed by atoms with Crippen LogP contribution in [-0.4, -0.2) is 33.3 Å².